The van der Waals surface area contributed by atoms with Crippen molar-refractivity contribution in [2.45, 2.75) is 19.4 Å². The lowest BCUT2D eigenvalue weighted by atomic mass is 9.97. The maximum atomic E-state index is 14.1. The van der Waals surface area contributed by atoms with E-state index < -0.39 is 0 Å². The lowest BCUT2D eigenvalue weighted by Crippen LogP contribution is -2.20. The van der Waals surface area contributed by atoms with Gasteiger partial charge in [0.1, 0.15) is 5.82 Å². The monoisotopic (exact) mass is 311 g/mol. The minimum atomic E-state index is -0.200. The van der Waals surface area contributed by atoms with Gasteiger partial charge in [-0.25, -0.2) is 4.39 Å². The molecule has 106 valence electrons. The molecule has 1 nitrogen and oxygen atoms in total. The summed E-state index contributed by atoms with van der Waals surface area (Å²) in [5.41, 5.74) is 2.49. The van der Waals surface area contributed by atoms with Crippen LogP contribution in [0.15, 0.2) is 36.4 Å². The highest BCUT2D eigenvalue weighted by Gasteiger charge is 2.16. The molecule has 0 saturated heterocycles. The van der Waals surface area contributed by atoms with Gasteiger partial charge in [-0.15, -0.1) is 0 Å². The number of benzene rings is 2. The Balaban J connectivity index is 2.28. The molecule has 4 heteroatoms. The fourth-order valence-corrected chi connectivity index (χ4v) is 2.68. The molecule has 0 radical (unpaired) electrons. The summed E-state index contributed by atoms with van der Waals surface area (Å²) in [4.78, 5) is 0. The predicted octanol–water partition coefficient (Wildman–Crippen LogP) is 4.94. The van der Waals surface area contributed by atoms with Crippen molar-refractivity contribution in [1.82, 2.24) is 5.32 Å². The van der Waals surface area contributed by atoms with E-state index in [2.05, 4.69) is 5.32 Å². The van der Waals surface area contributed by atoms with Crippen molar-refractivity contribution in [3.05, 3.63) is 69.0 Å². The van der Waals surface area contributed by atoms with Gasteiger partial charge in [0, 0.05) is 21.7 Å². The minimum absolute atomic E-state index is 0.130. The first kappa shape index (κ1) is 15.3. The van der Waals surface area contributed by atoms with Gasteiger partial charge in [-0.1, -0.05) is 41.4 Å². The minimum Gasteiger partial charge on any atom is -0.313 e. The molecule has 2 aromatic rings. The molecule has 0 bridgehead atoms. The van der Waals surface area contributed by atoms with Crippen LogP contribution in [0, 0.1) is 12.7 Å². The highest BCUT2D eigenvalue weighted by Crippen LogP contribution is 2.27. The van der Waals surface area contributed by atoms with Crippen molar-refractivity contribution < 1.29 is 4.39 Å². The van der Waals surface area contributed by atoms with Gasteiger partial charge in [0.2, 0.25) is 0 Å². The Bertz CT molecular complexity index is 613. The first-order valence-electron chi connectivity index (χ1n) is 6.38. The van der Waals surface area contributed by atoms with Crippen molar-refractivity contribution >= 4 is 23.2 Å². The van der Waals surface area contributed by atoms with Crippen LogP contribution in [0.2, 0.25) is 10.0 Å². The van der Waals surface area contributed by atoms with Crippen LogP contribution in [0.1, 0.15) is 22.7 Å². The van der Waals surface area contributed by atoms with Crippen LogP contribution in [-0.2, 0) is 6.42 Å². The Kier molecular flexibility index (Phi) is 5.03. The van der Waals surface area contributed by atoms with E-state index in [0.29, 0.717) is 22.0 Å². The second kappa shape index (κ2) is 6.57. The zero-order valence-electron chi connectivity index (χ0n) is 11.4. The Morgan fingerprint density at radius 1 is 1.15 bits per heavy atom. The number of rotatable bonds is 4. The zero-order valence-corrected chi connectivity index (χ0v) is 12.9. The summed E-state index contributed by atoms with van der Waals surface area (Å²) >= 11 is 12.1. The molecule has 1 unspecified atom stereocenters. The average molecular weight is 312 g/mol. The highest BCUT2D eigenvalue weighted by molar-refractivity contribution is 6.35. The summed E-state index contributed by atoms with van der Waals surface area (Å²) in [6.45, 7) is 1.87. The van der Waals surface area contributed by atoms with E-state index >= 15 is 0 Å². The van der Waals surface area contributed by atoms with Crippen molar-refractivity contribution in [1.29, 1.82) is 0 Å². The number of likely N-dealkylation sites (N-methyl/N-ethyl adjacent to an activating group) is 1. The van der Waals surface area contributed by atoms with Crippen LogP contribution in [0.5, 0.6) is 0 Å². The average Bonchev–Trinajstić information content (AvgIpc) is 2.39. The van der Waals surface area contributed by atoms with E-state index in [-0.39, 0.29) is 11.9 Å². The van der Waals surface area contributed by atoms with Gasteiger partial charge in [0.15, 0.2) is 0 Å². The molecule has 0 amide bonds. The molecule has 1 atom stereocenters. The van der Waals surface area contributed by atoms with Gasteiger partial charge in [0.25, 0.3) is 0 Å². The first-order valence-corrected chi connectivity index (χ1v) is 7.14. The molecular formula is C16H16Cl2FN. The fourth-order valence-electron chi connectivity index (χ4n) is 2.19. The maximum Gasteiger partial charge on any atom is 0.128 e. The van der Waals surface area contributed by atoms with E-state index in [0.717, 1.165) is 11.1 Å². The Labute approximate surface area is 128 Å². The summed E-state index contributed by atoms with van der Waals surface area (Å²) in [6, 6.07) is 10.5. The molecule has 0 aliphatic rings. The lowest BCUT2D eigenvalue weighted by Gasteiger charge is -2.18. The number of hydrogen-bond donors (Lipinski definition) is 1. The number of aryl methyl sites for hydroxylation is 1. The molecule has 0 heterocycles. The standard InChI is InChI=1S/C16H16Cl2FN/c1-10-3-6-13(15(19)7-10)16(20-2)8-11-4-5-12(17)9-14(11)18/h3-7,9,16,20H,8H2,1-2H3. The normalized spacial score (nSPS) is 12.4. The molecule has 2 aromatic carbocycles. The van der Waals surface area contributed by atoms with Gasteiger partial charge < -0.3 is 5.32 Å². The number of halogens is 3. The zero-order chi connectivity index (χ0) is 14.7. The molecule has 0 aliphatic carbocycles. The topological polar surface area (TPSA) is 12.0 Å². The van der Waals surface area contributed by atoms with Crippen LogP contribution in [0.25, 0.3) is 0 Å². The quantitative estimate of drug-likeness (QED) is 0.843. The van der Waals surface area contributed by atoms with E-state index in [1.54, 1.807) is 18.2 Å². The summed E-state index contributed by atoms with van der Waals surface area (Å²) in [7, 11) is 1.81. The van der Waals surface area contributed by atoms with Gasteiger partial charge >= 0.3 is 0 Å². The van der Waals surface area contributed by atoms with Crippen LogP contribution in [0.3, 0.4) is 0 Å². The fraction of sp³-hybridized carbons (Fsp3) is 0.250. The van der Waals surface area contributed by atoms with E-state index in [1.807, 2.05) is 32.2 Å². The predicted molar refractivity (Wildman–Crippen MR) is 83.1 cm³/mol. The van der Waals surface area contributed by atoms with Crippen molar-refractivity contribution in [3.8, 4) is 0 Å². The Morgan fingerprint density at radius 2 is 1.90 bits per heavy atom. The van der Waals surface area contributed by atoms with Crippen LogP contribution in [0.4, 0.5) is 4.39 Å². The van der Waals surface area contributed by atoms with Crippen molar-refractivity contribution in [2.75, 3.05) is 7.05 Å². The van der Waals surface area contributed by atoms with Gasteiger partial charge in [-0.05, 0) is 49.7 Å². The maximum absolute atomic E-state index is 14.1. The van der Waals surface area contributed by atoms with E-state index in [1.165, 1.54) is 0 Å². The second-order valence-electron chi connectivity index (χ2n) is 4.81. The van der Waals surface area contributed by atoms with Gasteiger partial charge in [-0.2, -0.15) is 0 Å². The molecule has 2 rings (SSSR count). The third-order valence-electron chi connectivity index (χ3n) is 3.32. The summed E-state index contributed by atoms with van der Waals surface area (Å²) in [6.07, 6.45) is 0.604. The summed E-state index contributed by atoms with van der Waals surface area (Å²) in [5.74, 6) is -0.200. The summed E-state index contributed by atoms with van der Waals surface area (Å²) in [5, 5.41) is 4.34. The Morgan fingerprint density at radius 3 is 2.50 bits per heavy atom. The number of hydrogen-bond acceptors (Lipinski definition) is 1. The van der Waals surface area contributed by atoms with Gasteiger partial charge in [-0.3, -0.25) is 0 Å². The highest BCUT2D eigenvalue weighted by atomic mass is 35.5. The molecule has 20 heavy (non-hydrogen) atoms. The molecule has 0 aliphatic heterocycles. The smallest absolute Gasteiger partial charge is 0.128 e. The van der Waals surface area contributed by atoms with Crippen LogP contribution < -0.4 is 5.32 Å². The molecule has 0 saturated carbocycles. The second-order valence-corrected chi connectivity index (χ2v) is 5.65. The summed E-state index contributed by atoms with van der Waals surface area (Å²) < 4.78 is 14.1. The SMILES string of the molecule is CNC(Cc1ccc(Cl)cc1Cl)c1ccc(C)cc1F. The molecule has 0 spiro atoms. The molecule has 0 aromatic heterocycles. The molecule has 1 N–H and O–H groups in total. The van der Waals surface area contributed by atoms with Crippen molar-refractivity contribution in [3.63, 3.8) is 0 Å². The third-order valence-corrected chi connectivity index (χ3v) is 3.91. The Hall–Kier alpha value is -1.09. The van der Waals surface area contributed by atoms with E-state index in [9.17, 15) is 4.39 Å². The molecular weight excluding hydrogens is 296 g/mol. The van der Waals surface area contributed by atoms with E-state index in [4.69, 9.17) is 23.2 Å². The van der Waals surface area contributed by atoms with Crippen LogP contribution in [-0.4, -0.2) is 7.05 Å². The largest absolute Gasteiger partial charge is 0.313 e. The van der Waals surface area contributed by atoms with Gasteiger partial charge in [0.05, 0.1) is 0 Å². The number of nitrogens with one attached hydrogen (secondary N) is 1. The van der Waals surface area contributed by atoms with Crippen molar-refractivity contribution in [2.24, 2.45) is 0 Å². The third kappa shape index (κ3) is 3.51. The van der Waals surface area contributed by atoms with Crippen LogP contribution >= 0.6 is 23.2 Å². The first-order chi connectivity index (χ1) is 9.51. The molecule has 0 fully saturated rings. The lowest BCUT2D eigenvalue weighted by molar-refractivity contribution is 0.533.